The van der Waals surface area contributed by atoms with Gasteiger partial charge in [0.2, 0.25) is 11.8 Å². The Hall–Kier alpha value is -6.43. The van der Waals surface area contributed by atoms with Crippen molar-refractivity contribution in [2.24, 2.45) is 5.73 Å². The van der Waals surface area contributed by atoms with Gasteiger partial charge in [-0.2, -0.15) is 17.6 Å². The first-order chi connectivity index (χ1) is 26.2. The molecule has 2 aromatic carbocycles. The molecule has 0 unspecified atom stereocenters. The molecule has 0 aliphatic rings. The summed E-state index contributed by atoms with van der Waals surface area (Å²) in [5, 5.41) is 16.3. The Morgan fingerprint density at radius 1 is 0.727 bits per heavy atom. The van der Waals surface area contributed by atoms with Crippen molar-refractivity contribution in [3.63, 3.8) is 0 Å². The zero-order chi connectivity index (χ0) is 39.7. The molecule has 0 saturated heterocycles. The number of halogens is 4. The molecule has 55 heavy (non-hydrogen) atoms. The predicted molar refractivity (Wildman–Crippen MR) is 190 cm³/mol. The maximum Gasteiger partial charge on any atom is 0.408 e. The zero-order valence-electron chi connectivity index (χ0n) is 29.7. The number of aromatic nitrogens is 6. The van der Waals surface area contributed by atoms with E-state index in [1.54, 1.807) is 26.8 Å². The smallest absolute Gasteiger partial charge is 0.408 e. The Bertz CT molecular complexity index is 2290. The number of hydrogen-bond acceptors (Lipinski definition) is 11. The molecule has 0 spiro atoms. The van der Waals surface area contributed by atoms with E-state index in [0.717, 1.165) is 11.1 Å². The molecule has 6 rings (SSSR count). The van der Waals surface area contributed by atoms with Crippen molar-refractivity contribution in [3.05, 3.63) is 141 Å². The Kier molecular flexibility index (Phi) is 12.7. The summed E-state index contributed by atoms with van der Waals surface area (Å²) in [6, 6.07) is 23.1. The Morgan fingerprint density at radius 3 is 1.60 bits per heavy atom. The number of hydrogen-bond donors (Lipinski definition) is 2. The normalized spacial score (nSPS) is 12.5. The third kappa shape index (κ3) is 11.0. The number of nitrogens with two attached hydrogens (primary N) is 1. The molecule has 2 atom stereocenters. The van der Waals surface area contributed by atoms with Gasteiger partial charge in [0.25, 0.3) is 22.9 Å². The molecule has 288 valence electrons. The second-order valence-corrected chi connectivity index (χ2v) is 12.9. The van der Waals surface area contributed by atoms with E-state index in [0.29, 0.717) is 0 Å². The number of carbonyl (C=O) groups excluding carboxylic acids is 1. The van der Waals surface area contributed by atoms with Crippen molar-refractivity contribution in [2.45, 2.75) is 64.4 Å². The van der Waals surface area contributed by atoms with Crippen molar-refractivity contribution < 1.29 is 35.9 Å². The van der Waals surface area contributed by atoms with Crippen LogP contribution in [0.25, 0.3) is 22.9 Å². The topological polar surface area (TPSA) is 186 Å². The number of pyridine rings is 2. The maximum absolute atomic E-state index is 12.6. The first kappa shape index (κ1) is 39.8. The predicted octanol–water partition coefficient (Wildman–Crippen LogP) is 6.64. The number of ether oxygens (including phenoxy) is 1. The summed E-state index contributed by atoms with van der Waals surface area (Å²) in [6.45, 7) is 5.67. The number of amides is 1. The summed E-state index contributed by atoms with van der Waals surface area (Å²) in [5.41, 5.74) is 6.85. The molecule has 18 heteroatoms. The molecule has 0 radical (unpaired) electrons. The van der Waals surface area contributed by atoms with E-state index in [1.165, 1.54) is 39.7 Å². The number of alkyl halides is 4. The van der Waals surface area contributed by atoms with Gasteiger partial charge < -0.3 is 33.8 Å². The van der Waals surface area contributed by atoms with E-state index in [2.05, 4.69) is 25.7 Å². The molecule has 14 nitrogen and oxygen atoms in total. The van der Waals surface area contributed by atoms with Crippen LogP contribution in [0, 0.1) is 0 Å². The highest BCUT2D eigenvalue weighted by molar-refractivity contribution is 5.68. The highest BCUT2D eigenvalue weighted by Gasteiger charge is 2.23. The summed E-state index contributed by atoms with van der Waals surface area (Å²) in [5.74, 6) is -1.89. The zero-order valence-corrected chi connectivity index (χ0v) is 29.7. The number of rotatable bonds is 11. The second-order valence-electron chi connectivity index (χ2n) is 12.9. The van der Waals surface area contributed by atoms with E-state index in [1.807, 2.05) is 60.7 Å². The summed E-state index contributed by atoms with van der Waals surface area (Å²) in [7, 11) is 0. The van der Waals surface area contributed by atoms with E-state index in [4.69, 9.17) is 19.3 Å². The number of nitrogens with one attached hydrogen (secondary N) is 1. The number of alkyl carbamates (subject to hydrolysis) is 1. The quantitative estimate of drug-likeness (QED) is 0.135. The van der Waals surface area contributed by atoms with Crippen LogP contribution >= 0.6 is 0 Å². The van der Waals surface area contributed by atoms with Gasteiger partial charge in [-0.15, -0.1) is 20.4 Å². The van der Waals surface area contributed by atoms with Crippen LogP contribution < -0.4 is 22.2 Å². The summed E-state index contributed by atoms with van der Waals surface area (Å²) < 4.78 is 68.1. The monoisotopic (exact) mass is 764 g/mol. The molecule has 1 amide bonds. The lowest BCUT2D eigenvalue weighted by Crippen LogP contribution is -2.37. The van der Waals surface area contributed by atoms with Gasteiger partial charge in [-0.25, -0.2) is 4.79 Å². The third-order valence-electron chi connectivity index (χ3n) is 7.63. The van der Waals surface area contributed by atoms with E-state index in [-0.39, 0.29) is 47.6 Å². The van der Waals surface area contributed by atoms with Crippen LogP contribution in [-0.2, 0) is 17.8 Å². The molecular formula is C37H36F4N8O6. The van der Waals surface area contributed by atoms with Crippen molar-refractivity contribution in [1.29, 1.82) is 0 Å². The highest BCUT2D eigenvalue weighted by Crippen LogP contribution is 2.24. The molecule has 0 aliphatic carbocycles. The van der Waals surface area contributed by atoms with Crippen LogP contribution in [0.1, 0.15) is 68.6 Å². The molecular weight excluding hydrogens is 728 g/mol. The summed E-state index contributed by atoms with van der Waals surface area (Å²) in [6.07, 6.45) is -3.37. The van der Waals surface area contributed by atoms with Crippen LogP contribution in [-0.4, -0.2) is 41.2 Å². The maximum atomic E-state index is 12.6. The lowest BCUT2D eigenvalue weighted by Gasteiger charge is -2.24. The van der Waals surface area contributed by atoms with Gasteiger partial charge in [0.15, 0.2) is 0 Å². The number of carbonyl (C=O) groups is 1. The van der Waals surface area contributed by atoms with Crippen molar-refractivity contribution >= 4 is 6.09 Å². The van der Waals surface area contributed by atoms with E-state index < -0.39 is 47.9 Å². The fraction of sp³-hybridized carbons (Fsp3) is 0.270. The van der Waals surface area contributed by atoms with Crippen LogP contribution in [0.2, 0.25) is 0 Å². The van der Waals surface area contributed by atoms with Crippen LogP contribution in [0.15, 0.2) is 116 Å². The van der Waals surface area contributed by atoms with Gasteiger partial charge in [-0.3, -0.25) is 9.59 Å². The molecule has 4 heterocycles. The molecule has 0 saturated carbocycles. The standard InChI is InChI=1S/C21H22F2N4O4.C16H14F2N4O2/c1-21(2,3)31-20(29)24-15(13-7-5-4-6-8-13)12-27-10-9-14(11-16(27)28)18-25-26-19(30-18)17(22)23;17-14(18)16-21-20-15(24-16)11-6-7-22(13(23)8-11)9-12(19)10-4-2-1-3-5-10/h4-11,15,17H,12H2,1-3H3,(H,24,29);1-8,12,14H,9,19H2/t15-;12-/m00/s1. The van der Waals surface area contributed by atoms with Gasteiger partial charge in [0.05, 0.1) is 12.6 Å². The molecule has 0 aliphatic heterocycles. The van der Waals surface area contributed by atoms with E-state index in [9.17, 15) is 31.9 Å². The van der Waals surface area contributed by atoms with Crippen LogP contribution in [0.5, 0.6) is 0 Å². The number of nitrogens with zero attached hydrogens (tertiary/aromatic N) is 6. The van der Waals surface area contributed by atoms with Crippen LogP contribution in [0.4, 0.5) is 22.4 Å². The SMILES string of the molecule is CC(C)(C)OC(=O)N[C@@H](Cn1ccc(-c2nnc(C(F)F)o2)cc1=O)c1ccccc1.N[C@@H](Cn1ccc(-c2nnc(C(F)F)o2)cc1=O)c1ccccc1. The number of benzene rings is 2. The van der Waals surface area contributed by atoms with Crippen molar-refractivity contribution in [2.75, 3.05) is 0 Å². The van der Waals surface area contributed by atoms with Gasteiger partial charge in [-0.05, 0) is 44.0 Å². The Balaban J connectivity index is 0.000000218. The fourth-order valence-electron chi connectivity index (χ4n) is 5.05. The first-order valence-corrected chi connectivity index (χ1v) is 16.7. The summed E-state index contributed by atoms with van der Waals surface area (Å²) >= 11 is 0. The Morgan fingerprint density at radius 2 is 1.18 bits per heavy atom. The van der Waals surface area contributed by atoms with Gasteiger partial charge in [0, 0.05) is 48.2 Å². The molecule has 6 aromatic rings. The summed E-state index contributed by atoms with van der Waals surface area (Å²) in [4.78, 5) is 37.1. The average Bonchev–Trinajstić information content (AvgIpc) is 3.85. The van der Waals surface area contributed by atoms with Crippen LogP contribution in [0.3, 0.4) is 0 Å². The average molecular weight is 765 g/mol. The lowest BCUT2D eigenvalue weighted by molar-refractivity contribution is 0.0498. The largest absolute Gasteiger partial charge is 0.444 e. The lowest BCUT2D eigenvalue weighted by atomic mass is 10.1. The first-order valence-electron chi connectivity index (χ1n) is 16.7. The molecule has 4 aromatic heterocycles. The van der Waals surface area contributed by atoms with Gasteiger partial charge in [0.1, 0.15) is 5.60 Å². The highest BCUT2D eigenvalue weighted by atomic mass is 19.3. The fourth-order valence-corrected chi connectivity index (χ4v) is 5.05. The molecule has 3 N–H and O–H groups in total. The second kappa shape index (κ2) is 17.6. The van der Waals surface area contributed by atoms with Gasteiger partial charge in [-0.1, -0.05) is 60.7 Å². The minimum atomic E-state index is -2.90. The minimum absolute atomic E-state index is 0.120. The molecule has 0 bridgehead atoms. The third-order valence-corrected chi connectivity index (χ3v) is 7.63. The van der Waals surface area contributed by atoms with E-state index >= 15 is 0 Å². The minimum Gasteiger partial charge on any atom is -0.444 e. The van der Waals surface area contributed by atoms with Gasteiger partial charge >= 0.3 is 18.9 Å². The Labute approximate surface area is 310 Å². The van der Waals surface area contributed by atoms with Crippen molar-refractivity contribution in [1.82, 2.24) is 34.8 Å². The molecule has 0 fully saturated rings. The van der Waals surface area contributed by atoms with Crippen molar-refractivity contribution in [3.8, 4) is 22.9 Å².